The molecule has 0 saturated carbocycles. The van der Waals surface area contributed by atoms with Gasteiger partial charge in [-0.3, -0.25) is 4.98 Å². The molecule has 0 unspecified atom stereocenters. The van der Waals surface area contributed by atoms with Crippen LogP contribution in [0.2, 0.25) is 0 Å². The maximum absolute atomic E-state index is 14.1. The molecule has 7 heteroatoms. The normalized spacial score (nSPS) is 10.8. The Labute approximate surface area is 159 Å². The molecule has 25 heavy (non-hydrogen) atoms. The van der Waals surface area contributed by atoms with Crippen LogP contribution in [0.3, 0.4) is 0 Å². The van der Waals surface area contributed by atoms with E-state index in [0.29, 0.717) is 23.1 Å². The average molecular weight is 449 g/mol. The standard InChI is InChI=1S/C18H17FIN5/c1-11(2)22-18-24-16(15-5-3-4-8-21-15)10-17(25-18)23-14-7-6-12(20)9-13(14)19/h3-11H,1-2H3,(H2,22,23,24,25). The predicted octanol–water partition coefficient (Wildman–Crippen LogP) is 4.85. The first kappa shape index (κ1) is 17.5. The summed E-state index contributed by atoms with van der Waals surface area (Å²) >= 11 is 2.07. The molecule has 0 spiro atoms. The molecule has 128 valence electrons. The van der Waals surface area contributed by atoms with E-state index in [-0.39, 0.29) is 11.9 Å². The van der Waals surface area contributed by atoms with Gasteiger partial charge in [-0.05, 0) is 66.8 Å². The van der Waals surface area contributed by atoms with Crippen LogP contribution in [0, 0.1) is 9.39 Å². The summed E-state index contributed by atoms with van der Waals surface area (Å²) in [5.74, 6) is 0.633. The van der Waals surface area contributed by atoms with Crippen LogP contribution in [-0.2, 0) is 0 Å². The fraction of sp³-hybridized carbons (Fsp3) is 0.167. The van der Waals surface area contributed by atoms with E-state index in [0.717, 1.165) is 9.26 Å². The molecule has 3 aromatic rings. The van der Waals surface area contributed by atoms with Gasteiger partial charge in [-0.15, -0.1) is 0 Å². The van der Waals surface area contributed by atoms with Crippen molar-refractivity contribution < 1.29 is 4.39 Å². The highest BCUT2D eigenvalue weighted by molar-refractivity contribution is 14.1. The van der Waals surface area contributed by atoms with Gasteiger partial charge in [-0.2, -0.15) is 4.98 Å². The van der Waals surface area contributed by atoms with E-state index in [1.54, 1.807) is 18.3 Å². The molecule has 5 nitrogen and oxygen atoms in total. The van der Waals surface area contributed by atoms with Crippen molar-refractivity contribution in [2.24, 2.45) is 0 Å². The maximum atomic E-state index is 14.1. The topological polar surface area (TPSA) is 62.7 Å². The number of anilines is 3. The molecule has 0 radical (unpaired) electrons. The lowest BCUT2D eigenvalue weighted by atomic mass is 10.2. The molecule has 1 aromatic carbocycles. The monoisotopic (exact) mass is 449 g/mol. The minimum absolute atomic E-state index is 0.168. The number of nitrogens with zero attached hydrogens (tertiary/aromatic N) is 3. The van der Waals surface area contributed by atoms with Crippen LogP contribution in [0.5, 0.6) is 0 Å². The van der Waals surface area contributed by atoms with Crippen molar-refractivity contribution in [1.29, 1.82) is 0 Å². The summed E-state index contributed by atoms with van der Waals surface area (Å²) in [6.45, 7) is 4.01. The van der Waals surface area contributed by atoms with Crippen LogP contribution in [0.4, 0.5) is 21.8 Å². The van der Waals surface area contributed by atoms with Gasteiger partial charge in [-0.1, -0.05) is 6.07 Å². The summed E-state index contributed by atoms with van der Waals surface area (Å²) in [5, 5.41) is 6.21. The summed E-state index contributed by atoms with van der Waals surface area (Å²) in [5.41, 5.74) is 1.75. The van der Waals surface area contributed by atoms with Gasteiger partial charge < -0.3 is 10.6 Å². The van der Waals surface area contributed by atoms with E-state index in [9.17, 15) is 4.39 Å². The molecule has 0 atom stereocenters. The summed E-state index contributed by atoms with van der Waals surface area (Å²) in [6, 6.07) is 12.5. The third kappa shape index (κ3) is 4.62. The van der Waals surface area contributed by atoms with E-state index < -0.39 is 0 Å². The Balaban J connectivity index is 2.00. The van der Waals surface area contributed by atoms with Crippen LogP contribution < -0.4 is 10.6 Å². The molecular formula is C18H17FIN5. The molecule has 0 aliphatic rings. The zero-order valence-corrected chi connectivity index (χ0v) is 16.0. The number of halogens is 2. The number of hydrogen-bond donors (Lipinski definition) is 2. The summed E-state index contributed by atoms with van der Waals surface area (Å²) in [6.07, 6.45) is 1.71. The molecule has 2 aromatic heterocycles. The first-order valence-electron chi connectivity index (χ1n) is 7.80. The predicted molar refractivity (Wildman–Crippen MR) is 106 cm³/mol. The first-order chi connectivity index (χ1) is 12.0. The molecule has 0 aliphatic carbocycles. The highest BCUT2D eigenvalue weighted by atomic mass is 127. The molecule has 2 N–H and O–H groups in total. The quantitative estimate of drug-likeness (QED) is 0.546. The van der Waals surface area contributed by atoms with Crippen LogP contribution in [0.15, 0.2) is 48.7 Å². The Morgan fingerprint density at radius 3 is 2.56 bits per heavy atom. The van der Waals surface area contributed by atoms with Crippen molar-refractivity contribution in [3.63, 3.8) is 0 Å². The lowest BCUT2D eigenvalue weighted by molar-refractivity contribution is 0.631. The van der Waals surface area contributed by atoms with Crippen LogP contribution in [0.25, 0.3) is 11.4 Å². The molecule has 0 aliphatic heterocycles. The fourth-order valence-electron chi connectivity index (χ4n) is 2.21. The van der Waals surface area contributed by atoms with Gasteiger partial charge in [0.1, 0.15) is 11.6 Å². The van der Waals surface area contributed by atoms with Crippen LogP contribution in [-0.4, -0.2) is 21.0 Å². The Hall–Kier alpha value is -2.29. The van der Waals surface area contributed by atoms with Crippen molar-refractivity contribution in [2.45, 2.75) is 19.9 Å². The van der Waals surface area contributed by atoms with Gasteiger partial charge >= 0.3 is 0 Å². The summed E-state index contributed by atoms with van der Waals surface area (Å²) in [7, 11) is 0. The second kappa shape index (κ2) is 7.73. The Kier molecular flexibility index (Phi) is 5.42. The van der Waals surface area contributed by atoms with Gasteiger partial charge in [-0.25, -0.2) is 9.37 Å². The van der Waals surface area contributed by atoms with Crippen molar-refractivity contribution >= 4 is 40.0 Å². The SMILES string of the molecule is CC(C)Nc1nc(Nc2ccc(I)cc2F)cc(-c2ccccn2)n1. The molecule has 2 heterocycles. The second-order valence-electron chi connectivity index (χ2n) is 5.73. The third-order valence-electron chi connectivity index (χ3n) is 3.27. The van der Waals surface area contributed by atoms with E-state index in [4.69, 9.17) is 0 Å². The average Bonchev–Trinajstić information content (AvgIpc) is 2.57. The highest BCUT2D eigenvalue weighted by Crippen LogP contribution is 2.24. The molecule has 0 amide bonds. The lowest BCUT2D eigenvalue weighted by Crippen LogP contribution is -2.13. The molecule has 3 rings (SSSR count). The zero-order chi connectivity index (χ0) is 17.8. The Bertz CT molecular complexity index is 871. The van der Waals surface area contributed by atoms with E-state index in [1.165, 1.54) is 6.07 Å². The lowest BCUT2D eigenvalue weighted by Gasteiger charge is -2.13. The van der Waals surface area contributed by atoms with Crippen molar-refractivity contribution in [2.75, 3.05) is 10.6 Å². The van der Waals surface area contributed by atoms with E-state index >= 15 is 0 Å². The Morgan fingerprint density at radius 1 is 1.04 bits per heavy atom. The van der Waals surface area contributed by atoms with Gasteiger partial charge in [0.05, 0.1) is 17.1 Å². The maximum Gasteiger partial charge on any atom is 0.225 e. The minimum atomic E-state index is -0.330. The van der Waals surface area contributed by atoms with Gasteiger partial charge in [0, 0.05) is 21.9 Å². The van der Waals surface area contributed by atoms with Crippen molar-refractivity contribution in [1.82, 2.24) is 15.0 Å². The molecule has 0 bridgehead atoms. The summed E-state index contributed by atoms with van der Waals surface area (Å²) < 4.78 is 15.0. The molecular weight excluding hydrogens is 432 g/mol. The molecule has 0 fully saturated rings. The van der Waals surface area contributed by atoms with Gasteiger partial charge in [0.15, 0.2) is 0 Å². The van der Waals surface area contributed by atoms with Crippen molar-refractivity contribution in [3.05, 3.63) is 58.0 Å². The number of rotatable bonds is 5. The Morgan fingerprint density at radius 2 is 1.88 bits per heavy atom. The van der Waals surface area contributed by atoms with E-state index in [2.05, 4.69) is 48.2 Å². The van der Waals surface area contributed by atoms with Crippen molar-refractivity contribution in [3.8, 4) is 11.4 Å². The number of benzene rings is 1. The first-order valence-corrected chi connectivity index (χ1v) is 8.88. The number of aromatic nitrogens is 3. The van der Waals surface area contributed by atoms with E-state index in [1.807, 2.05) is 38.1 Å². The van der Waals surface area contributed by atoms with Crippen LogP contribution in [0.1, 0.15) is 13.8 Å². The van der Waals surface area contributed by atoms with Gasteiger partial charge in [0.2, 0.25) is 5.95 Å². The number of pyridine rings is 1. The highest BCUT2D eigenvalue weighted by Gasteiger charge is 2.10. The number of hydrogen-bond acceptors (Lipinski definition) is 5. The zero-order valence-electron chi connectivity index (χ0n) is 13.8. The largest absolute Gasteiger partial charge is 0.352 e. The minimum Gasteiger partial charge on any atom is -0.352 e. The summed E-state index contributed by atoms with van der Waals surface area (Å²) in [4.78, 5) is 13.3. The fourth-order valence-corrected chi connectivity index (χ4v) is 2.66. The number of nitrogens with one attached hydrogen (secondary N) is 2. The second-order valence-corrected chi connectivity index (χ2v) is 6.97. The molecule has 0 saturated heterocycles. The van der Waals surface area contributed by atoms with Gasteiger partial charge in [0.25, 0.3) is 0 Å². The van der Waals surface area contributed by atoms with Crippen LogP contribution >= 0.6 is 22.6 Å². The third-order valence-corrected chi connectivity index (χ3v) is 3.94. The smallest absolute Gasteiger partial charge is 0.225 e.